The van der Waals surface area contributed by atoms with Crippen molar-refractivity contribution in [1.29, 1.82) is 5.26 Å². The Kier molecular flexibility index (Phi) is 7.38. The summed E-state index contributed by atoms with van der Waals surface area (Å²) in [4.78, 5) is 11.8. The number of halogens is 3. The van der Waals surface area contributed by atoms with Gasteiger partial charge in [-0.1, -0.05) is 18.2 Å². The molecule has 30 heavy (non-hydrogen) atoms. The molecule has 0 saturated heterocycles. The topological polar surface area (TPSA) is 107 Å². The number of nitriles is 1. The van der Waals surface area contributed by atoms with Crippen molar-refractivity contribution in [2.75, 3.05) is 0 Å². The van der Waals surface area contributed by atoms with Gasteiger partial charge < -0.3 is 15.4 Å². The molecule has 10 heteroatoms. The first kappa shape index (κ1) is 22.7. The van der Waals surface area contributed by atoms with Crippen LogP contribution in [0.2, 0.25) is 0 Å². The highest BCUT2D eigenvalue weighted by Crippen LogP contribution is 2.18. The Morgan fingerprint density at radius 3 is 2.43 bits per heavy atom. The Labute approximate surface area is 170 Å². The molecule has 0 bridgehead atoms. The van der Waals surface area contributed by atoms with Gasteiger partial charge in [0.25, 0.3) is 0 Å². The largest absolute Gasteiger partial charge is 0.490 e. The maximum atomic E-state index is 10.6. The molecule has 0 fully saturated rings. The van der Waals surface area contributed by atoms with Crippen LogP contribution in [0.3, 0.4) is 0 Å². The average Bonchev–Trinajstić information content (AvgIpc) is 3.27. The fourth-order valence-corrected chi connectivity index (χ4v) is 2.69. The molecule has 2 heterocycles. The predicted octanol–water partition coefficient (Wildman–Crippen LogP) is 3.61. The quantitative estimate of drug-likeness (QED) is 0.586. The molecule has 0 radical (unpaired) electrons. The number of hydrogen-bond donors (Lipinski definition) is 3. The molecule has 0 saturated carbocycles. The van der Waals surface area contributed by atoms with Gasteiger partial charge in [0, 0.05) is 30.5 Å². The minimum absolute atomic E-state index is 0.589. The number of carboxylic acids is 1. The SMILES string of the molecule is Cc1nn(-c2ccccc2)c(C)c1CNCc1c[nH]c(C#N)c1.O=C(O)C(F)(F)F. The van der Waals surface area contributed by atoms with E-state index >= 15 is 0 Å². The summed E-state index contributed by atoms with van der Waals surface area (Å²) in [5, 5.41) is 24.0. The van der Waals surface area contributed by atoms with Gasteiger partial charge in [0.05, 0.1) is 11.4 Å². The van der Waals surface area contributed by atoms with Gasteiger partial charge in [0.2, 0.25) is 0 Å². The summed E-state index contributed by atoms with van der Waals surface area (Å²) in [6.07, 6.45) is -3.22. The number of aromatic nitrogens is 3. The smallest absolute Gasteiger partial charge is 0.475 e. The fraction of sp³-hybridized carbons (Fsp3) is 0.250. The van der Waals surface area contributed by atoms with E-state index in [4.69, 9.17) is 15.2 Å². The standard InChI is InChI=1S/C18H19N5.C2HF3O2/c1-13-18(12-20-10-15-8-16(9-19)21-11-15)14(2)23(22-13)17-6-4-3-5-7-17;3-2(4,5)1(6)7/h3-8,11,20-21H,10,12H2,1-2H3;(H,6,7). The number of nitrogens with zero attached hydrogens (tertiary/aromatic N) is 3. The number of aromatic amines is 1. The zero-order valence-corrected chi connectivity index (χ0v) is 16.3. The van der Waals surface area contributed by atoms with Crippen LogP contribution < -0.4 is 5.32 Å². The lowest BCUT2D eigenvalue weighted by Gasteiger charge is -2.06. The van der Waals surface area contributed by atoms with E-state index < -0.39 is 12.1 Å². The van der Waals surface area contributed by atoms with Gasteiger partial charge in [-0.15, -0.1) is 0 Å². The van der Waals surface area contributed by atoms with Crippen molar-refractivity contribution in [3.05, 3.63) is 70.8 Å². The van der Waals surface area contributed by atoms with E-state index in [1.807, 2.05) is 42.1 Å². The number of aliphatic carboxylic acids is 1. The van der Waals surface area contributed by atoms with Gasteiger partial charge in [-0.25, -0.2) is 9.48 Å². The number of alkyl halides is 3. The van der Waals surface area contributed by atoms with Crippen molar-refractivity contribution in [3.8, 4) is 11.8 Å². The third kappa shape index (κ3) is 5.96. The second-order valence-corrected chi connectivity index (χ2v) is 6.34. The molecule has 0 aliphatic heterocycles. The molecular weight excluding hydrogens is 399 g/mol. The molecule has 0 unspecified atom stereocenters. The summed E-state index contributed by atoms with van der Waals surface area (Å²) in [6, 6.07) is 14.1. The Bertz CT molecular complexity index is 1030. The molecule has 0 spiro atoms. The van der Waals surface area contributed by atoms with Crippen LogP contribution in [0.1, 0.15) is 28.2 Å². The number of aryl methyl sites for hydroxylation is 1. The van der Waals surface area contributed by atoms with Crippen molar-refractivity contribution in [3.63, 3.8) is 0 Å². The summed E-state index contributed by atoms with van der Waals surface area (Å²) in [5.41, 5.74) is 6.13. The summed E-state index contributed by atoms with van der Waals surface area (Å²) in [5.74, 6) is -2.76. The number of benzene rings is 1. The molecule has 1 aromatic carbocycles. The molecule has 3 N–H and O–H groups in total. The lowest BCUT2D eigenvalue weighted by molar-refractivity contribution is -0.192. The predicted molar refractivity (Wildman–Crippen MR) is 103 cm³/mol. The number of hydrogen-bond acceptors (Lipinski definition) is 4. The van der Waals surface area contributed by atoms with E-state index in [2.05, 4.69) is 40.5 Å². The number of carbonyl (C=O) groups is 1. The molecule has 3 rings (SSSR count). The van der Waals surface area contributed by atoms with Crippen LogP contribution >= 0.6 is 0 Å². The summed E-state index contributed by atoms with van der Waals surface area (Å²) < 4.78 is 33.7. The van der Waals surface area contributed by atoms with E-state index in [1.54, 1.807) is 0 Å². The molecule has 0 aliphatic rings. The third-order valence-electron chi connectivity index (χ3n) is 4.18. The number of H-pyrrole nitrogens is 1. The van der Waals surface area contributed by atoms with Gasteiger partial charge in [0.1, 0.15) is 11.8 Å². The second-order valence-electron chi connectivity index (χ2n) is 6.34. The first-order valence-corrected chi connectivity index (χ1v) is 8.82. The first-order valence-electron chi connectivity index (χ1n) is 8.82. The zero-order valence-electron chi connectivity index (χ0n) is 16.3. The van der Waals surface area contributed by atoms with E-state index in [0.717, 1.165) is 29.2 Å². The highest BCUT2D eigenvalue weighted by Gasteiger charge is 2.38. The highest BCUT2D eigenvalue weighted by atomic mass is 19.4. The number of nitrogens with one attached hydrogen (secondary N) is 2. The lowest BCUT2D eigenvalue weighted by atomic mass is 10.2. The summed E-state index contributed by atoms with van der Waals surface area (Å²) in [6.45, 7) is 5.59. The van der Waals surface area contributed by atoms with Gasteiger partial charge >= 0.3 is 12.1 Å². The Balaban J connectivity index is 0.000000396. The lowest BCUT2D eigenvalue weighted by Crippen LogP contribution is -2.21. The van der Waals surface area contributed by atoms with Crippen LogP contribution in [0.15, 0.2) is 42.6 Å². The fourth-order valence-electron chi connectivity index (χ4n) is 2.69. The first-order chi connectivity index (χ1) is 14.1. The van der Waals surface area contributed by atoms with Crippen molar-refractivity contribution in [2.45, 2.75) is 33.1 Å². The third-order valence-corrected chi connectivity index (χ3v) is 4.18. The molecule has 3 aromatic rings. The van der Waals surface area contributed by atoms with Crippen LogP contribution in [0.25, 0.3) is 5.69 Å². The van der Waals surface area contributed by atoms with E-state index in [1.165, 1.54) is 5.56 Å². The Morgan fingerprint density at radius 2 is 1.90 bits per heavy atom. The Hall–Kier alpha value is -3.58. The van der Waals surface area contributed by atoms with E-state index in [9.17, 15) is 13.2 Å². The van der Waals surface area contributed by atoms with Crippen molar-refractivity contribution < 1.29 is 23.1 Å². The van der Waals surface area contributed by atoms with E-state index in [-0.39, 0.29) is 0 Å². The minimum Gasteiger partial charge on any atom is -0.475 e. The van der Waals surface area contributed by atoms with Crippen molar-refractivity contribution in [2.24, 2.45) is 0 Å². The molecule has 0 amide bonds. The van der Waals surface area contributed by atoms with Crippen LogP contribution in [0, 0.1) is 25.2 Å². The molecule has 0 aliphatic carbocycles. The van der Waals surface area contributed by atoms with Crippen LogP contribution in [-0.2, 0) is 17.9 Å². The van der Waals surface area contributed by atoms with Crippen molar-refractivity contribution in [1.82, 2.24) is 20.1 Å². The molecule has 0 atom stereocenters. The van der Waals surface area contributed by atoms with Gasteiger partial charge in [0.15, 0.2) is 0 Å². The van der Waals surface area contributed by atoms with Crippen LogP contribution in [0.5, 0.6) is 0 Å². The van der Waals surface area contributed by atoms with E-state index in [0.29, 0.717) is 12.2 Å². The van der Waals surface area contributed by atoms with Crippen LogP contribution in [0.4, 0.5) is 13.2 Å². The van der Waals surface area contributed by atoms with Gasteiger partial charge in [-0.3, -0.25) is 0 Å². The molecule has 158 valence electrons. The summed E-state index contributed by atoms with van der Waals surface area (Å²) >= 11 is 0. The van der Waals surface area contributed by atoms with Crippen LogP contribution in [-0.4, -0.2) is 32.0 Å². The normalized spacial score (nSPS) is 10.8. The summed E-state index contributed by atoms with van der Waals surface area (Å²) in [7, 11) is 0. The monoisotopic (exact) mass is 419 g/mol. The zero-order chi connectivity index (χ0) is 22.3. The van der Waals surface area contributed by atoms with Gasteiger partial charge in [-0.05, 0) is 37.6 Å². The number of para-hydroxylation sites is 1. The number of rotatable bonds is 5. The average molecular weight is 419 g/mol. The maximum Gasteiger partial charge on any atom is 0.490 e. The van der Waals surface area contributed by atoms with Gasteiger partial charge in [-0.2, -0.15) is 23.5 Å². The number of carboxylic acid groups (broad SMARTS) is 1. The molecular formula is C20H20F3N5O2. The Morgan fingerprint density at radius 1 is 1.27 bits per heavy atom. The molecule has 2 aromatic heterocycles. The highest BCUT2D eigenvalue weighted by molar-refractivity contribution is 5.73. The van der Waals surface area contributed by atoms with Crippen molar-refractivity contribution >= 4 is 5.97 Å². The maximum absolute atomic E-state index is 10.6. The molecule has 7 nitrogen and oxygen atoms in total. The second kappa shape index (κ2) is 9.76. The minimum atomic E-state index is -5.08.